The summed E-state index contributed by atoms with van der Waals surface area (Å²) in [5, 5.41) is 12.5. The summed E-state index contributed by atoms with van der Waals surface area (Å²) < 4.78 is 5.05. The van der Waals surface area contributed by atoms with E-state index < -0.39 is 0 Å². The molecule has 1 amide bonds. The van der Waals surface area contributed by atoms with Gasteiger partial charge in [-0.15, -0.1) is 0 Å². The number of benzene rings is 1. The molecular weight excluding hydrogens is 230 g/mol. The Balaban J connectivity index is 1.94. The third kappa shape index (κ3) is 3.23. The van der Waals surface area contributed by atoms with Crippen molar-refractivity contribution in [1.29, 1.82) is 0 Å². The number of nitrogens with one attached hydrogen (secondary N) is 1. The van der Waals surface area contributed by atoms with Gasteiger partial charge in [-0.2, -0.15) is 0 Å². The van der Waals surface area contributed by atoms with Crippen LogP contribution in [-0.4, -0.2) is 30.3 Å². The van der Waals surface area contributed by atoms with Crippen LogP contribution in [0, 0.1) is 0 Å². The second kappa shape index (κ2) is 5.87. The number of carbonyl (C=O) groups excluding carboxylic acids is 1. The molecule has 2 N–H and O–H groups in total. The van der Waals surface area contributed by atoms with Crippen molar-refractivity contribution in [1.82, 2.24) is 5.32 Å². The molecule has 18 heavy (non-hydrogen) atoms. The Labute approximate surface area is 107 Å². The molecule has 1 fully saturated rings. The van der Waals surface area contributed by atoms with Gasteiger partial charge in [0.25, 0.3) is 5.91 Å². The average Bonchev–Trinajstić information content (AvgIpc) is 2.39. The highest BCUT2D eigenvalue weighted by Gasteiger charge is 2.21. The zero-order valence-electron chi connectivity index (χ0n) is 10.6. The first kappa shape index (κ1) is 12.9. The standard InChI is InChI=1S/C14H19NO3/c1-18-13-7-5-10(6-8-13)14(17)15-11-3-2-4-12(16)9-11/h5-8,11-12,16H,2-4,9H2,1H3,(H,15,17)/t11-,12+/m0/s1. The van der Waals surface area contributed by atoms with E-state index >= 15 is 0 Å². The lowest BCUT2D eigenvalue weighted by molar-refractivity contribution is 0.0850. The van der Waals surface area contributed by atoms with Crippen molar-refractivity contribution in [2.75, 3.05) is 7.11 Å². The molecule has 98 valence electrons. The molecule has 1 aromatic rings. The van der Waals surface area contributed by atoms with Crippen LogP contribution in [0.25, 0.3) is 0 Å². The Kier molecular flexibility index (Phi) is 4.20. The molecule has 1 aromatic carbocycles. The summed E-state index contributed by atoms with van der Waals surface area (Å²) >= 11 is 0. The molecule has 2 rings (SSSR count). The summed E-state index contributed by atoms with van der Waals surface area (Å²) in [6.07, 6.45) is 3.13. The number of carbonyl (C=O) groups is 1. The summed E-state index contributed by atoms with van der Waals surface area (Å²) in [5.74, 6) is 0.649. The van der Waals surface area contributed by atoms with E-state index in [-0.39, 0.29) is 18.1 Å². The van der Waals surface area contributed by atoms with E-state index in [1.165, 1.54) is 0 Å². The third-order valence-corrected chi connectivity index (χ3v) is 3.33. The van der Waals surface area contributed by atoms with Crippen molar-refractivity contribution in [3.63, 3.8) is 0 Å². The Morgan fingerprint density at radius 3 is 2.67 bits per heavy atom. The Hall–Kier alpha value is -1.55. The van der Waals surface area contributed by atoms with Gasteiger partial charge in [-0.3, -0.25) is 4.79 Å². The molecule has 0 spiro atoms. The molecular formula is C14H19NO3. The monoisotopic (exact) mass is 249 g/mol. The fourth-order valence-corrected chi connectivity index (χ4v) is 2.31. The maximum Gasteiger partial charge on any atom is 0.251 e. The maximum atomic E-state index is 12.0. The molecule has 0 bridgehead atoms. The van der Waals surface area contributed by atoms with Gasteiger partial charge in [-0.05, 0) is 49.9 Å². The smallest absolute Gasteiger partial charge is 0.251 e. The van der Waals surface area contributed by atoms with E-state index in [4.69, 9.17) is 4.74 Å². The van der Waals surface area contributed by atoms with Crippen molar-refractivity contribution < 1.29 is 14.6 Å². The minimum Gasteiger partial charge on any atom is -0.497 e. The lowest BCUT2D eigenvalue weighted by Gasteiger charge is -2.26. The first-order valence-electron chi connectivity index (χ1n) is 6.32. The highest BCUT2D eigenvalue weighted by molar-refractivity contribution is 5.94. The molecule has 0 unspecified atom stereocenters. The summed E-state index contributed by atoms with van der Waals surface area (Å²) in [4.78, 5) is 12.0. The quantitative estimate of drug-likeness (QED) is 0.857. The van der Waals surface area contributed by atoms with Gasteiger partial charge in [-0.1, -0.05) is 0 Å². The first-order valence-corrected chi connectivity index (χ1v) is 6.32. The van der Waals surface area contributed by atoms with Crippen molar-refractivity contribution in [2.24, 2.45) is 0 Å². The predicted molar refractivity (Wildman–Crippen MR) is 68.7 cm³/mol. The maximum absolute atomic E-state index is 12.0. The van der Waals surface area contributed by atoms with Crippen LogP contribution in [0.3, 0.4) is 0 Å². The highest BCUT2D eigenvalue weighted by Crippen LogP contribution is 2.19. The number of aliphatic hydroxyl groups is 1. The van der Waals surface area contributed by atoms with Crippen LogP contribution < -0.4 is 10.1 Å². The van der Waals surface area contributed by atoms with Crippen molar-refractivity contribution >= 4 is 5.91 Å². The van der Waals surface area contributed by atoms with Gasteiger partial charge < -0.3 is 15.2 Å². The van der Waals surface area contributed by atoms with E-state index in [2.05, 4.69) is 5.32 Å². The molecule has 0 saturated heterocycles. The van der Waals surface area contributed by atoms with Crippen LogP contribution in [0.2, 0.25) is 0 Å². The minimum atomic E-state index is -0.278. The normalized spacial score (nSPS) is 23.4. The zero-order chi connectivity index (χ0) is 13.0. The van der Waals surface area contributed by atoms with Gasteiger partial charge in [0.1, 0.15) is 5.75 Å². The van der Waals surface area contributed by atoms with Gasteiger partial charge in [0.05, 0.1) is 13.2 Å². The SMILES string of the molecule is COc1ccc(C(=O)N[C@H]2CCC[C@@H](O)C2)cc1. The third-order valence-electron chi connectivity index (χ3n) is 3.33. The van der Waals surface area contributed by atoms with Crippen LogP contribution in [0.5, 0.6) is 5.75 Å². The predicted octanol–water partition coefficient (Wildman–Crippen LogP) is 1.73. The van der Waals surface area contributed by atoms with Crippen molar-refractivity contribution in [3.05, 3.63) is 29.8 Å². The number of methoxy groups -OCH3 is 1. The van der Waals surface area contributed by atoms with E-state index in [9.17, 15) is 9.90 Å². The summed E-state index contributed by atoms with van der Waals surface area (Å²) in [6, 6.07) is 7.11. The molecule has 0 aromatic heterocycles. The first-order chi connectivity index (χ1) is 8.69. The minimum absolute atomic E-state index is 0.0863. The lowest BCUT2D eigenvalue weighted by atomic mass is 9.93. The Morgan fingerprint density at radius 1 is 1.33 bits per heavy atom. The lowest BCUT2D eigenvalue weighted by Crippen LogP contribution is -2.39. The van der Waals surface area contributed by atoms with Gasteiger partial charge in [-0.25, -0.2) is 0 Å². The van der Waals surface area contributed by atoms with E-state index in [0.717, 1.165) is 25.0 Å². The van der Waals surface area contributed by atoms with Crippen LogP contribution in [0.4, 0.5) is 0 Å². The second-order valence-corrected chi connectivity index (χ2v) is 4.72. The number of ether oxygens (including phenoxy) is 1. The second-order valence-electron chi connectivity index (χ2n) is 4.72. The molecule has 1 aliphatic carbocycles. The number of hydrogen-bond acceptors (Lipinski definition) is 3. The van der Waals surface area contributed by atoms with Crippen LogP contribution >= 0.6 is 0 Å². The summed E-state index contributed by atoms with van der Waals surface area (Å²) in [7, 11) is 1.60. The van der Waals surface area contributed by atoms with E-state index in [1.807, 2.05) is 0 Å². The van der Waals surface area contributed by atoms with Gasteiger partial charge >= 0.3 is 0 Å². The molecule has 0 heterocycles. The summed E-state index contributed by atoms with van der Waals surface area (Å²) in [6.45, 7) is 0. The molecule has 4 nitrogen and oxygen atoms in total. The van der Waals surface area contributed by atoms with Gasteiger partial charge in [0, 0.05) is 11.6 Å². The van der Waals surface area contributed by atoms with Crippen LogP contribution in [0.1, 0.15) is 36.0 Å². The summed E-state index contributed by atoms with van der Waals surface area (Å²) in [5.41, 5.74) is 0.621. The molecule has 2 atom stereocenters. The highest BCUT2D eigenvalue weighted by atomic mass is 16.5. The Bertz CT molecular complexity index is 402. The molecule has 4 heteroatoms. The fourth-order valence-electron chi connectivity index (χ4n) is 2.31. The Morgan fingerprint density at radius 2 is 2.06 bits per heavy atom. The number of aliphatic hydroxyl groups excluding tert-OH is 1. The number of amides is 1. The van der Waals surface area contributed by atoms with E-state index in [0.29, 0.717) is 12.0 Å². The van der Waals surface area contributed by atoms with E-state index in [1.54, 1.807) is 31.4 Å². The van der Waals surface area contributed by atoms with Gasteiger partial charge in [0.2, 0.25) is 0 Å². The fraction of sp³-hybridized carbons (Fsp3) is 0.500. The van der Waals surface area contributed by atoms with Crippen molar-refractivity contribution in [3.8, 4) is 5.75 Å². The van der Waals surface area contributed by atoms with Crippen LogP contribution in [-0.2, 0) is 0 Å². The largest absolute Gasteiger partial charge is 0.497 e. The molecule has 0 aliphatic heterocycles. The number of hydrogen-bond donors (Lipinski definition) is 2. The van der Waals surface area contributed by atoms with Crippen LogP contribution in [0.15, 0.2) is 24.3 Å². The molecule has 1 saturated carbocycles. The molecule has 1 aliphatic rings. The van der Waals surface area contributed by atoms with Crippen molar-refractivity contribution in [2.45, 2.75) is 37.8 Å². The average molecular weight is 249 g/mol. The molecule has 0 radical (unpaired) electrons. The zero-order valence-corrected chi connectivity index (χ0v) is 10.6. The van der Waals surface area contributed by atoms with Gasteiger partial charge in [0.15, 0.2) is 0 Å². The topological polar surface area (TPSA) is 58.6 Å². The number of rotatable bonds is 3.